The second-order valence-corrected chi connectivity index (χ2v) is 9.70. The average Bonchev–Trinajstić information content (AvgIpc) is 3.78. The van der Waals surface area contributed by atoms with Crippen molar-refractivity contribution in [3.05, 3.63) is 171 Å². The van der Waals surface area contributed by atoms with Gasteiger partial charge in [-0.1, -0.05) is 41.6 Å². The van der Waals surface area contributed by atoms with Gasteiger partial charge < -0.3 is 42.1 Å². The van der Waals surface area contributed by atoms with E-state index in [9.17, 15) is 0 Å². The molecule has 0 aliphatic carbocycles. The van der Waals surface area contributed by atoms with E-state index in [-0.39, 0.29) is 42.1 Å². The molecule has 46 heavy (non-hydrogen) atoms. The first kappa shape index (κ1) is 34.3. The molecule has 5 nitrogen and oxygen atoms in total. The van der Waals surface area contributed by atoms with Crippen LogP contribution >= 0.6 is 0 Å². The maximum absolute atomic E-state index is 6.57. The molecule has 0 fully saturated rings. The number of hydrogen-bond donors (Lipinski definition) is 0. The fourth-order valence-electron chi connectivity index (χ4n) is 4.49. The zero-order chi connectivity index (χ0) is 30.1. The Bertz CT molecular complexity index is 1900. The van der Waals surface area contributed by atoms with Crippen molar-refractivity contribution in [2.75, 3.05) is 11.9 Å². The van der Waals surface area contributed by atoms with Gasteiger partial charge in [0.15, 0.2) is 0 Å². The van der Waals surface area contributed by atoms with E-state index in [0.29, 0.717) is 22.8 Å². The summed E-state index contributed by atoms with van der Waals surface area (Å²) in [5.74, 6) is 1.15. The number of ether oxygens (including phenoxy) is 1. The van der Waals surface area contributed by atoms with Gasteiger partial charge in [-0.25, -0.2) is 23.2 Å². The number of benzene rings is 4. The summed E-state index contributed by atoms with van der Waals surface area (Å²) in [5, 5.41) is 0. The summed E-state index contributed by atoms with van der Waals surface area (Å²) in [6.45, 7) is 1.97. The molecule has 1 aliphatic rings. The van der Waals surface area contributed by atoms with Crippen LogP contribution < -0.4 is 9.64 Å². The van der Waals surface area contributed by atoms with E-state index in [1.54, 1.807) is 17.0 Å². The number of anilines is 1. The van der Waals surface area contributed by atoms with Crippen molar-refractivity contribution in [3.63, 3.8) is 0 Å². The van der Waals surface area contributed by atoms with Crippen molar-refractivity contribution in [1.82, 2.24) is 14.5 Å². The maximum atomic E-state index is 6.57. The Morgan fingerprint density at radius 1 is 0.804 bits per heavy atom. The standard InChI is InChI=1S/C33H21N3O.C6H4N.2Pt/c1-35-18-19-36(24-35)28-15-9-17-30(21-28)37-29-16-8-14-27(20-29)33-22-31(25-10-4-2-5-11-25)32(23-34-33)26-12-6-3-7-13-26;1-2-7-5-3-4-6-7;;/h2-10,12-13,15-19,23-24H,1H3;3-6H;;/q-6;-1;;+4. The first-order valence-electron chi connectivity index (χ1n) is 13.8. The molecular weight excluding hydrogens is 931 g/mol. The van der Waals surface area contributed by atoms with E-state index in [1.165, 1.54) is 0 Å². The van der Waals surface area contributed by atoms with Crippen LogP contribution in [0.25, 0.3) is 33.5 Å². The molecule has 0 spiro atoms. The van der Waals surface area contributed by atoms with E-state index >= 15 is 0 Å². The molecule has 0 atom stereocenters. The Hall–Kier alpha value is -4.61. The SMILES string of the molecule is CN1C=CN(c2[c-]c(Oc3[c-]c(-c4[c-]c(-c5[c-]cccc5)c(-c5ccccc5)cn4)[c-]cc3)ccc2)[CH-]1.[C-]#Cn1cccc1.[Pt+4].[Pt]. The molecule has 0 saturated carbocycles. The van der Waals surface area contributed by atoms with Crippen LogP contribution in [0.15, 0.2) is 128 Å². The predicted octanol–water partition coefficient (Wildman–Crippen LogP) is 8.10. The van der Waals surface area contributed by atoms with Crippen molar-refractivity contribution in [2.24, 2.45) is 0 Å². The minimum Gasteiger partial charge on any atom is -0.669 e. The van der Waals surface area contributed by atoms with E-state index in [2.05, 4.69) is 48.5 Å². The number of nitrogens with zero attached hydrogens (tertiary/aromatic N) is 4. The van der Waals surface area contributed by atoms with Crippen LogP contribution in [-0.4, -0.2) is 21.5 Å². The van der Waals surface area contributed by atoms with Gasteiger partial charge in [0, 0.05) is 39.2 Å². The van der Waals surface area contributed by atoms with Crippen molar-refractivity contribution in [1.29, 1.82) is 0 Å². The minimum absolute atomic E-state index is 0. The summed E-state index contributed by atoms with van der Waals surface area (Å²) in [7, 11) is 1.98. The van der Waals surface area contributed by atoms with Crippen LogP contribution in [0.3, 0.4) is 0 Å². The molecule has 1 aliphatic heterocycles. The van der Waals surface area contributed by atoms with Gasteiger partial charge in [-0.2, -0.15) is 48.8 Å². The van der Waals surface area contributed by atoms with Crippen molar-refractivity contribution >= 4 is 5.69 Å². The monoisotopic (exact) mass is 955 g/mol. The smallest absolute Gasteiger partial charge is 0.669 e. The third kappa shape index (κ3) is 8.55. The van der Waals surface area contributed by atoms with Gasteiger partial charge >= 0.3 is 21.1 Å². The molecule has 0 amide bonds. The van der Waals surface area contributed by atoms with Crippen LogP contribution in [0.2, 0.25) is 0 Å². The third-order valence-electron chi connectivity index (χ3n) is 6.60. The fourth-order valence-corrected chi connectivity index (χ4v) is 4.49. The Morgan fingerprint density at radius 3 is 2.28 bits per heavy atom. The minimum atomic E-state index is 0. The molecule has 7 rings (SSSR count). The molecule has 230 valence electrons. The largest absolute Gasteiger partial charge is 4.00 e. The first-order chi connectivity index (χ1) is 21.7. The van der Waals surface area contributed by atoms with Gasteiger partial charge in [0.1, 0.15) is 0 Å². The molecule has 0 bridgehead atoms. The molecule has 7 heteroatoms. The normalized spacial score (nSPS) is 11.4. The van der Waals surface area contributed by atoms with Gasteiger partial charge in [-0.05, 0) is 37.8 Å². The summed E-state index contributed by atoms with van der Waals surface area (Å²) < 4.78 is 7.66. The first-order valence-corrected chi connectivity index (χ1v) is 13.8. The summed E-state index contributed by atoms with van der Waals surface area (Å²) in [5.41, 5.74) is 6.12. The van der Waals surface area contributed by atoms with Crippen LogP contribution in [0.5, 0.6) is 11.5 Å². The number of hydrogen-bond acceptors (Lipinski definition) is 4. The molecule has 6 aromatic rings. The van der Waals surface area contributed by atoms with E-state index in [1.807, 2.05) is 127 Å². The topological polar surface area (TPSA) is 33.5 Å². The molecule has 2 aromatic heterocycles. The second kappa shape index (κ2) is 16.6. The van der Waals surface area contributed by atoms with Gasteiger partial charge in [-0.3, -0.25) is 12.1 Å². The quantitative estimate of drug-likeness (QED) is 0.125. The summed E-state index contributed by atoms with van der Waals surface area (Å²) in [6, 6.07) is 50.0. The fraction of sp³-hybridized carbons (Fsp3) is 0.0256. The van der Waals surface area contributed by atoms with E-state index < -0.39 is 0 Å². The van der Waals surface area contributed by atoms with Crippen LogP contribution in [0.1, 0.15) is 0 Å². The molecule has 0 radical (unpaired) electrons. The number of pyridine rings is 1. The zero-order valence-electron chi connectivity index (χ0n) is 24.5. The molecule has 4 aromatic carbocycles. The van der Waals surface area contributed by atoms with Crippen molar-refractivity contribution in [2.45, 2.75) is 0 Å². The Morgan fingerprint density at radius 2 is 1.59 bits per heavy atom. The molecule has 0 saturated heterocycles. The summed E-state index contributed by atoms with van der Waals surface area (Å²) >= 11 is 0. The number of rotatable bonds is 6. The van der Waals surface area contributed by atoms with E-state index in [0.717, 1.165) is 27.9 Å². The Labute approximate surface area is 299 Å². The average molecular weight is 956 g/mol. The van der Waals surface area contributed by atoms with Gasteiger partial charge in [0.05, 0.1) is 0 Å². The summed E-state index contributed by atoms with van der Waals surface area (Å²) in [6.07, 6.45) is 15.9. The van der Waals surface area contributed by atoms with Gasteiger partial charge in [-0.15, -0.1) is 35.5 Å². The molecule has 0 unspecified atom stereocenters. The molecule has 3 heterocycles. The van der Waals surface area contributed by atoms with Crippen LogP contribution in [-0.2, 0) is 42.1 Å². The number of aromatic nitrogens is 2. The zero-order valence-corrected chi connectivity index (χ0v) is 29.1. The molecular formula is C39H25N4OPt2-3. The maximum Gasteiger partial charge on any atom is 4.00 e. The Balaban J connectivity index is 0.000000475. The second-order valence-electron chi connectivity index (χ2n) is 9.70. The van der Waals surface area contributed by atoms with E-state index in [4.69, 9.17) is 16.1 Å². The van der Waals surface area contributed by atoms with Crippen molar-refractivity contribution < 1.29 is 46.9 Å². The van der Waals surface area contributed by atoms with Crippen LogP contribution in [0.4, 0.5) is 5.69 Å². The van der Waals surface area contributed by atoms with Crippen molar-refractivity contribution in [3.8, 4) is 51.1 Å². The van der Waals surface area contributed by atoms with Gasteiger partial charge in [0.25, 0.3) is 0 Å². The summed E-state index contributed by atoms with van der Waals surface area (Å²) in [4.78, 5) is 8.67. The third-order valence-corrected chi connectivity index (χ3v) is 6.60. The van der Waals surface area contributed by atoms with Crippen LogP contribution in [0, 0.1) is 49.5 Å². The van der Waals surface area contributed by atoms with Gasteiger partial charge in [0.2, 0.25) is 0 Å². The molecule has 0 N–H and O–H groups in total. The predicted molar refractivity (Wildman–Crippen MR) is 172 cm³/mol. The Kier molecular flexibility index (Phi) is 12.4.